The summed E-state index contributed by atoms with van der Waals surface area (Å²) >= 11 is 0. The van der Waals surface area contributed by atoms with Crippen LogP contribution in [-0.4, -0.2) is 10.9 Å². The Balaban J connectivity index is 2.30. The molecule has 2 rings (SSSR count). The molecule has 19 heavy (non-hydrogen) atoms. The number of hydrogen-bond donors (Lipinski definition) is 2. The number of nitrogens with one attached hydrogen (secondary N) is 1. The predicted molar refractivity (Wildman–Crippen MR) is 67.7 cm³/mol. The molecule has 5 nitrogen and oxygen atoms in total. The molecule has 0 saturated carbocycles. The van der Waals surface area contributed by atoms with Gasteiger partial charge in [-0.25, -0.2) is 4.39 Å². The highest BCUT2D eigenvalue weighted by Crippen LogP contribution is 2.18. The van der Waals surface area contributed by atoms with Crippen molar-refractivity contribution < 1.29 is 9.18 Å². The Bertz CT molecular complexity index is 679. The molecule has 2 aromatic rings. The maximum absolute atomic E-state index is 13.4. The van der Waals surface area contributed by atoms with Crippen LogP contribution < -0.4 is 11.1 Å². The fourth-order valence-electron chi connectivity index (χ4n) is 1.50. The van der Waals surface area contributed by atoms with Crippen LogP contribution in [0.3, 0.4) is 0 Å². The van der Waals surface area contributed by atoms with Gasteiger partial charge in [-0.3, -0.25) is 9.78 Å². The molecule has 1 amide bonds. The van der Waals surface area contributed by atoms with Crippen LogP contribution in [0.25, 0.3) is 0 Å². The van der Waals surface area contributed by atoms with Crippen molar-refractivity contribution in [2.75, 3.05) is 11.1 Å². The third-order valence-electron chi connectivity index (χ3n) is 2.39. The number of benzene rings is 1. The van der Waals surface area contributed by atoms with E-state index >= 15 is 0 Å². The smallest absolute Gasteiger partial charge is 0.274 e. The highest BCUT2D eigenvalue weighted by molar-refractivity contribution is 6.03. The summed E-state index contributed by atoms with van der Waals surface area (Å²) in [6, 6.07) is 8.61. The number of nitriles is 1. The van der Waals surface area contributed by atoms with Crippen molar-refractivity contribution in [2.45, 2.75) is 0 Å². The SMILES string of the molecule is N#Cc1c(F)cccc1NC(=O)c1cc(N)ccn1. The Labute approximate surface area is 108 Å². The molecule has 1 heterocycles. The average molecular weight is 256 g/mol. The number of halogens is 1. The van der Waals surface area contributed by atoms with Gasteiger partial charge in [-0.15, -0.1) is 0 Å². The van der Waals surface area contributed by atoms with Gasteiger partial charge in [0.2, 0.25) is 0 Å². The second kappa shape index (κ2) is 5.14. The van der Waals surface area contributed by atoms with E-state index in [2.05, 4.69) is 10.3 Å². The molecule has 0 aliphatic heterocycles. The molecule has 0 spiro atoms. The number of rotatable bonds is 2. The second-order valence-corrected chi connectivity index (χ2v) is 3.70. The van der Waals surface area contributed by atoms with E-state index < -0.39 is 11.7 Å². The number of carbonyl (C=O) groups is 1. The highest BCUT2D eigenvalue weighted by Gasteiger charge is 2.13. The van der Waals surface area contributed by atoms with Crippen molar-refractivity contribution in [1.82, 2.24) is 4.98 Å². The Morgan fingerprint density at radius 2 is 2.21 bits per heavy atom. The van der Waals surface area contributed by atoms with Crippen LogP contribution in [0.2, 0.25) is 0 Å². The summed E-state index contributed by atoms with van der Waals surface area (Å²) in [5, 5.41) is 11.3. The van der Waals surface area contributed by atoms with Gasteiger partial charge in [0.25, 0.3) is 5.91 Å². The summed E-state index contributed by atoms with van der Waals surface area (Å²) in [6.45, 7) is 0. The zero-order chi connectivity index (χ0) is 13.8. The van der Waals surface area contributed by atoms with Crippen LogP contribution in [0.4, 0.5) is 15.8 Å². The van der Waals surface area contributed by atoms with E-state index in [9.17, 15) is 9.18 Å². The lowest BCUT2D eigenvalue weighted by Gasteiger charge is -2.07. The van der Waals surface area contributed by atoms with E-state index in [1.54, 1.807) is 12.1 Å². The Hall–Kier alpha value is -2.94. The van der Waals surface area contributed by atoms with Crippen LogP contribution in [0.5, 0.6) is 0 Å². The summed E-state index contributed by atoms with van der Waals surface area (Å²) in [4.78, 5) is 15.7. The lowest BCUT2D eigenvalue weighted by atomic mass is 10.2. The van der Waals surface area contributed by atoms with Crippen LogP contribution in [0.1, 0.15) is 16.1 Å². The van der Waals surface area contributed by atoms with Crippen LogP contribution in [0, 0.1) is 17.1 Å². The third-order valence-corrected chi connectivity index (χ3v) is 2.39. The minimum atomic E-state index is -0.694. The van der Waals surface area contributed by atoms with Crippen molar-refractivity contribution in [1.29, 1.82) is 5.26 Å². The van der Waals surface area contributed by atoms with E-state index in [1.165, 1.54) is 24.4 Å². The molecule has 6 heteroatoms. The quantitative estimate of drug-likeness (QED) is 0.858. The topological polar surface area (TPSA) is 91.8 Å². The predicted octanol–water partition coefficient (Wildman–Crippen LogP) is 1.93. The first-order valence-corrected chi connectivity index (χ1v) is 5.33. The lowest BCUT2D eigenvalue weighted by Crippen LogP contribution is -2.15. The fraction of sp³-hybridized carbons (Fsp3) is 0. The van der Waals surface area contributed by atoms with E-state index in [0.717, 1.165) is 6.07 Å². The number of carbonyl (C=O) groups excluding carboxylic acids is 1. The van der Waals surface area contributed by atoms with Gasteiger partial charge in [0.1, 0.15) is 23.1 Å². The maximum Gasteiger partial charge on any atom is 0.274 e. The second-order valence-electron chi connectivity index (χ2n) is 3.70. The van der Waals surface area contributed by atoms with E-state index in [1.807, 2.05) is 0 Å². The Kier molecular flexibility index (Phi) is 3.39. The van der Waals surface area contributed by atoms with Gasteiger partial charge < -0.3 is 11.1 Å². The fourth-order valence-corrected chi connectivity index (χ4v) is 1.50. The molecule has 1 aromatic heterocycles. The third kappa shape index (κ3) is 2.66. The molecule has 3 N–H and O–H groups in total. The number of anilines is 2. The van der Waals surface area contributed by atoms with Crippen molar-refractivity contribution in [3.8, 4) is 6.07 Å². The Morgan fingerprint density at radius 1 is 1.42 bits per heavy atom. The number of nitrogens with two attached hydrogens (primary N) is 1. The summed E-state index contributed by atoms with van der Waals surface area (Å²) < 4.78 is 13.4. The van der Waals surface area contributed by atoms with Gasteiger partial charge in [0.15, 0.2) is 0 Å². The first kappa shape index (κ1) is 12.5. The minimum absolute atomic E-state index is 0.0909. The van der Waals surface area contributed by atoms with E-state index in [4.69, 9.17) is 11.0 Å². The summed E-state index contributed by atoms with van der Waals surface area (Å²) in [6.07, 6.45) is 1.39. The first-order valence-electron chi connectivity index (χ1n) is 5.33. The van der Waals surface area contributed by atoms with Crippen LogP contribution in [-0.2, 0) is 0 Å². The number of aromatic nitrogens is 1. The van der Waals surface area contributed by atoms with Gasteiger partial charge in [-0.2, -0.15) is 5.26 Å². The van der Waals surface area contributed by atoms with E-state index in [-0.39, 0.29) is 16.9 Å². The molecule has 0 aliphatic carbocycles. The van der Waals surface area contributed by atoms with Crippen molar-refractivity contribution in [3.63, 3.8) is 0 Å². The van der Waals surface area contributed by atoms with Gasteiger partial charge in [-0.05, 0) is 24.3 Å². The number of pyridine rings is 1. The van der Waals surface area contributed by atoms with Gasteiger partial charge in [-0.1, -0.05) is 6.07 Å². The first-order chi connectivity index (χ1) is 9.11. The standard InChI is InChI=1S/C13H9FN4O/c14-10-2-1-3-11(9(10)7-15)18-13(19)12-6-8(16)4-5-17-12/h1-6H,(H2,16,17)(H,18,19). The van der Waals surface area contributed by atoms with Crippen molar-refractivity contribution >= 4 is 17.3 Å². The summed E-state index contributed by atoms with van der Waals surface area (Å²) in [5.74, 6) is -1.25. The Morgan fingerprint density at radius 3 is 2.89 bits per heavy atom. The van der Waals surface area contributed by atoms with Gasteiger partial charge in [0.05, 0.1) is 5.69 Å². The molecule has 0 unspecified atom stereocenters. The molecule has 0 atom stereocenters. The number of nitrogen functional groups attached to an aromatic ring is 1. The molecule has 0 fully saturated rings. The number of amides is 1. The van der Waals surface area contributed by atoms with Gasteiger partial charge in [0, 0.05) is 11.9 Å². The largest absolute Gasteiger partial charge is 0.399 e. The highest BCUT2D eigenvalue weighted by atomic mass is 19.1. The zero-order valence-electron chi connectivity index (χ0n) is 9.72. The molecular formula is C13H9FN4O. The van der Waals surface area contributed by atoms with Crippen molar-refractivity contribution in [2.24, 2.45) is 0 Å². The molecule has 0 bridgehead atoms. The van der Waals surface area contributed by atoms with Gasteiger partial charge >= 0.3 is 0 Å². The molecule has 0 aliphatic rings. The molecule has 0 saturated heterocycles. The summed E-state index contributed by atoms with van der Waals surface area (Å²) in [5.41, 5.74) is 5.89. The molecule has 0 radical (unpaired) electrons. The van der Waals surface area contributed by atoms with Crippen LogP contribution >= 0.6 is 0 Å². The van der Waals surface area contributed by atoms with Crippen LogP contribution in [0.15, 0.2) is 36.5 Å². The van der Waals surface area contributed by atoms with Crippen molar-refractivity contribution in [3.05, 3.63) is 53.6 Å². The number of nitrogens with zero attached hydrogens (tertiary/aromatic N) is 2. The maximum atomic E-state index is 13.4. The minimum Gasteiger partial charge on any atom is -0.399 e. The lowest BCUT2D eigenvalue weighted by molar-refractivity contribution is 0.102. The summed E-state index contributed by atoms with van der Waals surface area (Å²) in [7, 11) is 0. The van der Waals surface area contributed by atoms with E-state index in [0.29, 0.717) is 5.69 Å². The monoisotopic (exact) mass is 256 g/mol. The molecule has 1 aromatic carbocycles. The average Bonchev–Trinajstić information content (AvgIpc) is 2.39. The number of hydrogen-bond acceptors (Lipinski definition) is 4. The zero-order valence-corrected chi connectivity index (χ0v) is 9.72. The molecule has 94 valence electrons. The molecular weight excluding hydrogens is 247 g/mol. The normalized spacial score (nSPS) is 9.68.